The zero-order valence-corrected chi connectivity index (χ0v) is 16.9. The number of aromatic nitrogens is 6. The standard InChI is InChI=1S/C21H23N7O2/c1-15(19-26-24-14-27(19)8-9-30-2)25-21(29)17-10-18-20(22-11-17)28(13-23-18)12-16-6-4-3-5-7-16/h3-7,10-11,13-15H,8-9,12H2,1-2H3,(H,25,29). The first kappa shape index (κ1) is 19.7. The molecule has 9 heteroatoms. The monoisotopic (exact) mass is 405 g/mol. The van der Waals surface area contributed by atoms with E-state index in [9.17, 15) is 4.79 Å². The molecule has 0 bridgehead atoms. The number of rotatable bonds is 8. The van der Waals surface area contributed by atoms with Crippen LogP contribution in [0.25, 0.3) is 11.2 Å². The number of imidazole rings is 1. The number of amides is 1. The van der Waals surface area contributed by atoms with E-state index in [1.807, 2.05) is 34.3 Å². The SMILES string of the molecule is COCCn1cnnc1C(C)NC(=O)c1cnc2c(c1)ncn2Cc1ccccc1. The predicted octanol–water partition coefficient (Wildman–Crippen LogP) is 2.21. The lowest BCUT2D eigenvalue weighted by Crippen LogP contribution is -2.29. The van der Waals surface area contributed by atoms with Crippen molar-refractivity contribution >= 4 is 17.1 Å². The normalized spacial score (nSPS) is 12.2. The van der Waals surface area contributed by atoms with E-state index in [1.165, 1.54) is 0 Å². The average Bonchev–Trinajstić information content (AvgIpc) is 3.39. The Hall–Kier alpha value is -3.59. The number of pyridine rings is 1. The maximum atomic E-state index is 12.7. The first-order valence-electron chi connectivity index (χ1n) is 9.68. The number of ether oxygens (including phenoxy) is 1. The summed E-state index contributed by atoms with van der Waals surface area (Å²) in [5.41, 5.74) is 3.02. The quantitative estimate of drug-likeness (QED) is 0.482. The highest BCUT2D eigenvalue weighted by molar-refractivity contribution is 5.96. The largest absolute Gasteiger partial charge is 0.383 e. The van der Waals surface area contributed by atoms with Crippen LogP contribution in [0.15, 0.2) is 55.2 Å². The number of hydrogen-bond acceptors (Lipinski definition) is 6. The number of methoxy groups -OCH3 is 1. The molecule has 4 rings (SSSR count). The maximum absolute atomic E-state index is 12.7. The average molecular weight is 405 g/mol. The molecule has 154 valence electrons. The van der Waals surface area contributed by atoms with E-state index in [0.717, 1.165) is 11.2 Å². The van der Waals surface area contributed by atoms with E-state index in [0.29, 0.717) is 36.6 Å². The lowest BCUT2D eigenvalue weighted by molar-refractivity contribution is 0.0937. The van der Waals surface area contributed by atoms with Crippen LogP contribution in [0.1, 0.15) is 34.7 Å². The highest BCUT2D eigenvalue weighted by Crippen LogP contribution is 2.15. The molecule has 0 fully saturated rings. The first-order chi connectivity index (χ1) is 14.7. The highest BCUT2D eigenvalue weighted by Gasteiger charge is 2.18. The van der Waals surface area contributed by atoms with Crippen molar-refractivity contribution < 1.29 is 9.53 Å². The van der Waals surface area contributed by atoms with Crippen LogP contribution < -0.4 is 5.32 Å². The third-order valence-electron chi connectivity index (χ3n) is 4.83. The fourth-order valence-corrected chi connectivity index (χ4v) is 3.27. The summed E-state index contributed by atoms with van der Waals surface area (Å²) in [6.07, 6.45) is 4.94. The Morgan fingerprint density at radius 1 is 1.17 bits per heavy atom. The predicted molar refractivity (Wildman–Crippen MR) is 111 cm³/mol. The molecule has 4 aromatic rings. The van der Waals surface area contributed by atoms with E-state index in [2.05, 4.69) is 37.6 Å². The van der Waals surface area contributed by atoms with Crippen LogP contribution in [0.5, 0.6) is 0 Å². The van der Waals surface area contributed by atoms with E-state index >= 15 is 0 Å². The van der Waals surface area contributed by atoms with Gasteiger partial charge in [0.15, 0.2) is 11.5 Å². The van der Waals surface area contributed by atoms with Gasteiger partial charge in [0.25, 0.3) is 5.91 Å². The van der Waals surface area contributed by atoms with E-state index in [4.69, 9.17) is 4.74 Å². The van der Waals surface area contributed by atoms with Gasteiger partial charge in [0.1, 0.15) is 11.8 Å². The van der Waals surface area contributed by atoms with Crippen LogP contribution in [0.4, 0.5) is 0 Å². The number of hydrogen-bond donors (Lipinski definition) is 1. The van der Waals surface area contributed by atoms with Gasteiger partial charge in [0.05, 0.1) is 31.1 Å². The molecular formula is C21H23N7O2. The Labute approximate surface area is 173 Å². The molecule has 0 saturated heterocycles. The van der Waals surface area contributed by atoms with Crippen molar-refractivity contribution in [3.05, 3.63) is 72.2 Å². The van der Waals surface area contributed by atoms with Crippen molar-refractivity contribution in [3.8, 4) is 0 Å². The number of nitrogens with zero attached hydrogens (tertiary/aromatic N) is 6. The fourth-order valence-electron chi connectivity index (χ4n) is 3.27. The summed E-state index contributed by atoms with van der Waals surface area (Å²) in [6.45, 7) is 3.69. The van der Waals surface area contributed by atoms with Crippen molar-refractivity contribution in [2.45, 2.75) is 26.1 Å². The molecule has 1 unspecified atom stereocenters. The lowest BCUT2D eigenvalue weighted by atomic mass is 10.2. The first-order valence-corrected chi connectivity index (χ1v) is 9.68. The Morgan fingerprint density at radius 2 is 2.00 bits per heavy atom. The van der Waals surface area contributed by atoms with E-state index in [1.54, 1.807) is 32.0 Å². The van der Waals surface area contributed by atoms with Gasteiger partial charge in [0, 0.05) is 19.9 Å². The molecule has 3 heterocycles. The molecule has 0 spiro atoms. The van der Waals surface area contributed by atoms with Crippen LogP contribution in [-0.2, 0) is 17.8 Å². The molecule has 0 saturated carbocycles. The van der Waals surface area contributed by atoms with Crippen LogP contribution in [0.2, 0.25) is 0 Å². The molecule has 0 aliphatic carbocycles. The number of carbonyl (C=O) groups is 1. The van der Waals surface area contributed by atoms with Gasteiger partial charge in [-0.1, -0.05) is 30.3 Å². The van der Waals surface area contributed by atoms with Crippen LogP contribution in [0, 0.1) is 0 Å². The highest BCUT2D eigenvalue weighted by atomic mass is 16.5. The van der Waals surface area contributed by atoms with Crippen molar-refractivity contribution in [2.75, 3.05) is 13.7 Å². The van der Waals surface area contributed by atoms with Crippen LogP contribution >= 0.6 is 0 Å². The third-order valence-corrected chi connectivity index (χ3v) is 4.83. The maximum Gasteiger partial charge on any atom is 0.253 e. The lowest BCUT2D eigenvalue weighted by Gasteiger charge is -2.14. The molecule has 1 N–H and O–H groups in total. The fraction of sp³-hybridized carbons (Fsp3) is 0.286. The second-order valence-corrected chi connectivity index (χ2v) is 7.00. The zero-order chi connectivity index (χ0) is 20.9. The summed E-state index contributed by atoms with van der Waals surface area (Å²) in [7, 11) is 1.64. The van der Waals surface area contributed by atoms with Gasteiger partial charge < -0.3 is 19.2 Å². The van der Waals surface area contributed by atoms with Crippen molar-refractivity contribution in [2.24, 2.45) is 0 Å². The van der Waals surface area contributed by atoms with Gasteiger partial charge in [-0.05, 0) is 18.6 Å². The molecule has 9 nitrogen and oxygen atoms in total. The molecule has 0 aliphatic rings. The van der Waals surface area contributed by atoms with Gasteiger partial charge in [-0.25, -0.2) is 9.97 Å². The molecule has 1 amide bonds. The summed E-state index contributed by atoms with van der Waals surface area (Å²) in [4.78, 5) is 21.6. The van der Waals surface area contributed by atoms with Crippen molar-refractivity contribution in [1.82, 2.24) is 34.6 Å². The van der Waals surface area contributed by atoms with Gasteiger partial charge >= 0.3 is 0 Å². The zero-order valence-electron chi connectivity index (χ0n) is 16.9. The molecule has 0 aliphatic heterocycles. The Bertz CT molecular complexity index is 1140. The second-order valence-electron chi connectivity index (χ2n) is 7.00. The number of nitrogens with one attached hydrogen (secondary N) is 1. The van der Waals surface area contributed by atoms with E-state index in [-0.39, 0.29) is 11.9 Å². The molecular weight excluding hydrogens is 382 g/mol. The number of benzene rings is 1. The Kier molecular flexibility index (Phi) is 5.80. The minimum atomic E-state index is -0.316. The van der Waals surface area contributed by atoms with Crippen LogP contribution in [-0.4, -0.2) is 48.9 Å². The Morgan fingerprint density at radius 3 is 2.80 bits per heavy atom. The summed E-state index contributed by atoms with van der Waals surface area (Å²) in [5.74, 6) is 0.428. The smallest absolute Gasteiger partial charge is 0.253 e. The summed E-state index contributed by atoms with van der Waals surface area (Å²) >= 11 is 0. The van der Waals surface area contributed by atoms with Crippen molar-refractivity contribution in [1.29, 1.82) is 0 Å². The third kappa shape index (κ3) is 4.20. The number of fused-ring (bicyclic) bond motifs is 1. The molecule has 1 atom stereocenters. The number of carbonyl (C=O) groups excluding carboxylic acids is 1. The van der Waals surface area contributed by atoms with E-state index < -0.39 is 0 Å². The Balaban J connectivity index is 1.48. The van der Waals surface area contributed by atoms with Crippen LogP contribution in [0.3, 0.4) is 0 Å². The summed E-state index contributed by atoms with van der Waals surface area (Å²) in [6, 6.07) is 11.5. The van der Waals surface area contributed by atoms with Gasteiger partial charge in [-0.15, -0.1) is 10.2 Å². The minimum absolute atomic E-state index is 0.240. The molecule has 3 aromatic heterocycles. The topological polar surface area (TPSA) is 99.8 Å². The minimum Gasteiger partial charge on any atom is -0.383 e. The molecule has 0 radical (unpaired) electrons. The summed E-state index contributed by atoms with van der Waals surface area (Å²) < 4.78 is 8.93. The molecule has 30 heavy (non-hydrogen) atoms. The second kappa shape index (κ2) is 8.83. The van der Waals surface area contributed by atoms with Crippen molar-refractivity contribution in [3.63, 3.8) is 0 Å². The summed E-state index contributed by atoms with van der Waals surface area (Å²) in [5, 5.41) is 11.0. The van der Waals surface area contributed by atoms with Gasteiger partial charge in [-0.3, -0.25) is 4.79 Å². The van der Waals surface area contributed by atoms with Gasteiger partial charge in [0.2, 0.25) is 0 Å². The molecule has 1 aromatic carbocycles. The van der Waals surface area contributed by atoms with Gasteiger partial charge in [-0.2, -0.15) is 0 Å².